The molecular weight excluding hydrogens is 352 g/mol. The Hall–Kier alpha value is -3.34. The number of furan rings is 1. The molecule has 0 fully saturated rings. The highest BCUT2D eigenvalue weighted by Crippen LogP contribution is 2.20. The molecule has 0 spiro atoms. The third-order valence-corrected chi connectivity index (χ3v) is 4.45. The lowest BCUT2D eigenvalue weighted by Crippen LogP contribution is -2.35. The SMILES string of the molecule is CC(=O)N[C@@H](CC(=O)N(Cc1ccccc1)Cc1ccco1)c1ccccc1. The number of hydrogen-bond donors (Lipinski definition) is 1. The fraction of sp³-hybridized carbons (Fsp3) is 0.217. The first-order valence-corrected chi connectivity index (χ1v) is 9.28. The van der Waals surface area contributed by atoms with Gasteiger partial charge in [-0.3, -0.25) is 9.59 Å². The number of amides is 2. The van der Waals surface area contributed by atoms with E-state index in [9.17, 15) is 9.59 Å². The number of hydrogen-bond acceptors (Lipinski definition) is 3. The van der Waals surface area contributed by atoms with Crippen molar-refractivity contribution in [2.24, 2.45) is 0 Å². The highest BCUT2D eigenvalue weighted by Gasteiger charge is 2.22. The van der Waals surface area contributed by atoms with E-state index >= 15 is 0 Å². The Morgan fingerprint density at radius 2 is 1.61 bits per heavy atom. The van der Waals surface area contributed by atoms with Gasteiger partial charge in [-0.2, -0.15) is 0 Å². The molecule has 5 nitrogen and oxygen atoms in total. The lowest BCUT2D eigenvalue weighted by molar-refractivity contribution is -0.133. The van der Waals surface area contributed by atoms with Crippen LogP contribution in [0.3, 0.4) is 0 Å². The van der Waals surface area contributed by atoms with E-state index in [1.807, 2.05) is 72.8 Å². The maximum absolute atomic E-state index is 13.2. The van der Waals surface area contributed by atoms with Crippen molar-refractivity contribution in [2.45, 2.75) is 32.5 Å². The Balaban J connectivity index is 1.79. The van der Waals surface area contributed by atoms with E-state index in [-0.39, 0.29) is 24.3 Å². The van der Waals surface area contributed by atoms with Crippen molar-refractivity contribution in [1.82, 2.24) is 10.2 Å². The molecule has 1 N–H and O–H groups in total. The van der Waals surface area contributed by atoms with Gasteiger partial charge in [-0.15, -0.1) is 0 Å². The van der Waals surface area contributed by atoms with Gasteiger partial charge in [0.1, 0.15) is 5.76 Å². The second-order valence-electron chi connectivity index (χ2n) is 6.68. The Labute approximate surface area is 165 Å². The van der Waals surface area contributed by atoms with Crippen LogP contribution in [0.15, 0.2) is 83.5 Å². The van der Waals surface area contributed by atoms with Crippen molar-refractivity contribution in [3.8, 4) is 0 Å². The molecule has 1 aromatic heterocycles. The summed E-state index contributed by atoms with van der Waals surface area (Å²) in [7, 11) is 0. The van der Waals surface area contributed by atoms with Gasteiger partial charge in [0.25, 0.3) is 0 Å². The van der Waals surface area contributed by atoms with Gasteiger partial charge in [0.05, 0.1) is 25.3 Å². The average molecular weight is 376 g/mol. The van der Waals surface area contributed by atoms with Crippen molar-refractivity contribution in [2.75, 3.05) is 0 Å². The van der Waals surface area contributed by atoms with Crippen LogP contribution in [0.2, 0.25) is 0 Å². The Morgan fingerprint density at radius 1 is 0.929 bits per heavy atom. The van der Waals surface area contributed by atoms with Gasteiger partial charge >= 0.3 is 0 Å². The van der Waals surface area contributed by atoms with Crippen molar-refractivity contribution in [1.29, 1.82) is 0 Å². The molecule has 5 heteroatoms. The fourth-order valence-corrected chi connectivity index (χ4v) is 3.11. The van der Waals surface area contributed by atoms with E-state index in [0.29, 0.717) is 13.1 Å². The molecule has 0 aliphatic heterocycles. The summed E-state index contributed by atoms with van der Waals surface area (Å²) in [5, 5.41) is 2.89. The predicted octanol–water partition coefficient (Wildman–Crippen LogP) is 4.08. The standard InChI is InChI=1S/C23H24N2O3/c1-18(26)24-22(20-11-6-3-7-12-20)15-23(27)25(17-21-13-8-14-28-21)16-19-9-4-2-5-10-19/h2-14,22H,15-17H2,1H3,(H,24,26)/t22-/m0/s1. The van der Waals surface area contributed by atoms with Gasteiger partial charge in [0.2, 0.25) is 11.8 Å². The zero-order valence-electron chi connectivity index (χ0n) is 15.9. The lowest BCUT2D eigenvalue weighted by Gasteiger charge is -2.25. The lowest BCUT2D eigenvalue weighted by atomic mass is 10.0. The second-order valence-corrected chi connectivity index (χ2v) is 6.68. The van der Waals surface area contributed by atoms with E-state index in [0.717, 1.165) is 16.9 Å². The van der Waals surface area contributed by atoms with Crippen LogP contribution in [0.1, 0.15) is 36.3 Å². The summed E-state index contributed by atoms with van der Waals surface area (Å²) >= 11 is 0. The molecule has 0 unspecified atom stereocenters. The zero-order valence-corrected chi connectivity index (χ0v) is 15.9. The van der Waals surface area contributed by atoms with E-state index in [1.165, 1.54) is 6.92 Å². The van der Waals surface area contributed by atoms with Crippen molar-refractivity contribution >= 4 is 11.8 Å². The van der Waals surface area contributed by atoms with Crippen molar-refractivity contribution in [3.05, 3.63) is 95.9 Å². The van der Waals surface area contributed by atoms with Gasteiger partial charge in [0.15, 0.2) is 0 Å². The van der Waals surface area contributed by atoms with Crippen LogP contribution in [0.5, 0.6) is 0 Å². The summed E-state index contributed by atoms with van der Waals surface area (Å²) in [5.41, 5.74) is 1.95. The topological polar surface area (TPSA) is 62.6 Å². The third-order valence-electron chi connectivity index (χ3n) is 4.45. The van der Waals surface area contributed by atoms with Crippen molar-refractivity contribution < 1.29 is 14.0 Å². The number of rotatable bonds is 8. The summed E-state index contributed by atoms with van der Waals surface area (Å²) < 4.78 is 5.44. The monoisotopic (exact) mass is 376 g/mol. The van der Waals surface area contributed by atoms with Crippen LogP contribution in [0, 0.1) is 0 Å². The van der Waals surface area contributed by atoms with Crippen LogP contribution in [0.25, 0.3) is 0 Å². The molecule has 1 atom stereocenters. The maximum atomic E-state index is 13.2. The molecule has 0 radical (unpaired) electrons. The fourth-order valence-electron chi connectivity index (χ4n) is 3.11. The Morgan fingerprint density at radius 3 is 2.21 bits per heavy atom. The molecule has 2 amide bonds. The van der Waals surface area contributed by atoms with Gasteiger partial charge in [-0.25, -0.2) is 0 Å². The van der Waals surface area contributed by atoms with E-state index in [2.05, 4.69) is 5.32 Å². The molecule has 144 valence electrons. The number of benzene rings is 2. The molecule has 28 heavy (non-hydrogen) atoms. The Bertz CT molecular complexity index is 877. The molecule has 2 aromatic carbocycles. The minimum Gasteiger partial charge on any atom is -0.467 e. The predicted molar refractivity (Wildman–Crippen MR) is 107 cm³/mol. The van der Waals surface area contributed by atoms with E-state index in [4.69, 9.17) is 4.42 Å². The highest BCUT2D eigenvalue weighted by atomic mass is 16.3. The molecule has 0 saturated carbocycles. The van der Waals surface area contributed by atoms with Gasteiger partial charge < -0.3 is 14.6 Å². The van der Waals surface area contributed by atoms with Gasteiger partial charge in [-0.1, -0.05) is 60.7 Å². The van der Waals surface area contributed by atoms with E-state index in [1.54, 1.807) is 11.2 Å². The average Bonchev–Trinajstić information content (AvgIpc) is 3.21. The molecule has 0 bridgehead atoms. The van der Waals surface area contributed by atoms with Crippen molar-refractivity contribution in [3.63, 3.8) is 0 Å². The molecule has 0 aliphatic rings. The molecule has 1 heterocycles. The molecule has 0 aliphatic carbocycles. The minimum absolute atomic E-state index is 0.0529. The first kappa shape index (κ1) is 19.4. The number of nitrogens with zero attached hydrogens (tertiary/aromatic N) is 1. The number of carbonyl (C=O) groups excluding carboxylic acids is 2. The highest BCUT2D eigenvalue weighted by molar-refractivity contribution is 5.79. The molecular formula is C23H24N2O3. The minimum atomic E-state index is -0.374. The molecule has 3 rings (SSSR count). The molecule has 0 saturated heterocycles. The summed E-state index contributed by atoms with van der Waals surface area (Å²) in [4.78, 5) is 26.6. The largest absolute Gasteiger partial charge is 0.467 e. The second kappa shape index (κ2) is 9.55. The quantitative estimate of drug-likeness (QED) is 0.644. The first-order chi connectivity index (χ1) is 13.6. The van der Waals surface area contributed by atoms with Crippen LogP contribution < -0.4 is 5.32 Å². The summed E-state index contributed by atoms with van der Waals surface area (Å²) in [5.74, 6) is 0.505. The van der Waals surface area contributed by atoms with Gasteiger partial charge in [0, 0.05) is 13.5 Å². The smallest absolute Gasteiger partial charge is 0.225 e. The molecule has 3 aromatic rings. The summed E-state index contributed by atoms with van der Waals surface area (Å²) in [6.45, 7) is 2.31. The van der Waals surface area contributed by atoms with Crippen LogP contribution in [-0.2, 0) is 22.7 Å². The van der Waals surface area contributed by atoms with E-state index < -0.39 is 0 Å². The first-order valence-electron chi connectivity index (χ1n) is 9.28. The van der Waals surface area contributed by atoms with Gasteiger partial charge in [-0.05, 0) is 23.3 Å². The Kier molecular flexibility index (Phi) is 6.63. The summed E-state index contributed by atoms with van der Waals surface area (Å²) in [6, 6.07) is 22.7. The van der Waals surface area contributed by atoms with Crippen LogP contribution >= 0.6 is 0 Å². The third kappa shape index (κ3) is 5.58. The maximum Gasteiger partial charge on any atom is 0.225 e. The normalized spacial score (nSPS) is 11.6. The number of nitrogens with one attached hydrogen (secondary N) is 1. The summed E-state index contributed by atoms with van der Waals surface area (Å²) in [6.07, 6.45) is 1.78. The van der Waals surface area contributed by atoms with Crippen LogP contribution in [0.4, 0.5) is 0 Å². The van der Waals surface area contributed by atoms with Crippen LogP contribution in [-0.4, -0.2) is 16.7 Å². The zero-order chi connectivity index (χ0) is 19.8. The number of carbonyl (C=O) groups is 2.